The number of imidazole rings is 1. The molecule has 0 atom stereocenters. The third kappa shape index (κ3) is 4.41. The Bertz CT molecular complexity index is 1160. The van der Waals surface area contributed by atoms with E-state index in [9.17, 15) is 8.42 Å². The number of nitrogens with zero attached hydrogens (tertiary/aromatic N) is 3. The van der Waals surface area contributed by atoms with Crippen molar-refractivity contribution in [1.29, 1.82) is 0 Å². The molecule has 2 heterocycles. The normalized spacial score (nSPS) is 20.6. The van der Waals surface area contributed by atoms with Crippen molar-refractivity contribution >= 4 is 20.9 Å². The van der Waals surface area contributed by atoms with Crippen LogP contribution >= 0.6 is 0 Å². The molecule has 3 aromatic rings. The number of H-pyrrole nitrogens is 1. The number of hydrogen-bond donors (Lipinski definition) is 2. The molecule has 0 radical (unpaired) electrons. The molecule has 4 rings (SSSR count). The van der Waals surface area contributed by atoms with Crippen molar-refractivity contribution in [3.05, 3.63) is 36.4 Å². The summed E-state index contributed by atoms with van der Waals surface area (Å²) in [4.78, 5) is 8.23. The predicted octanol–water partition coefficient (Wildman–Crippen LogP) is 4.75. The summed E-state index contributed by atoms with van der Waals surface area (Å²) >= 11 is 0. The maximum atomic E-state index is 12.4. The van der Waals surface area contributed by atoms with Gasteiger partial charge in [0.2, 0.25) is 10.0 Å². The van der Waals surface area contributed by atoms with Crippen LogP contribution in [-0.4, -0.2) is 39.0 Å². The number of benzene rings is 1. The molecule has 2 aromatic heterocycles. The second-order valence-corrected chi connectivity index (χ2v) is 12.4. The van der Waals surface area contributed by atoms with E-state index in [1.165, 1.54) is 0 Å². The first-order valence-electron chi connectivity index (χ1n) is 11.1. The Morgan fingerprint density at radius 1 is 1.16 bits per heavy atom. The van der Waals surface area contributed by atoms with Gasteiger partial charge in [0.1, 0.15) is 5.82 Å². The summed E-state index contributed by atoms with van der Waals surface area (Å²) in [7, 11) is -3.31. The number of fused-ring (bicyclic) bond motifs is 1. The van der Waals surface area contributed by atoms with Gasteiger partial charge in [-0.15, -0.1) is 0 Å². The lowest BCUT2D eigenvalue weighted by molar-refractivity contribution is 0.364. The average Bonchev–Trinajstić information content (AvgIpc) is 3.34. The third-order valence-electron chi connectivity index (χ3n) is 6.22. The monoisotopic (exact) mass is 443 g/mol. The molecule has 0 amide bonds. The Morgan fingerprint density at radius 2 is 1.87 bits per heavy atom. The van der Waals surface area contributed by atoms with Crippen LogP contribution in [-0.2, 0) is 10.0 Å². The number of sulfonamides is 1. The molecule has 0 unspecified atom stereocenters. The number of hydrogen-bond acceptors (Lipinski definition) is 4. The minimum Gasteiger partial charge on any atom is -0.348 e. The van der Waals surface area contributed by atoms with Crippen molar-refractivity contribution in [2.45, 2.75) is 83.1 Å². The van der Waals surface area contributed by atoms with E-state index in [4.69, 9.17) is 4.98 Å². The first-order valence-corrected chi connectivity index (χ1v) is 12.6. The molecule has 168 valence electrons. The van der Waals surface area contributed by atoms with Gasteiger partial charge in [0.25, 0.3) is 0 Å². The van der Waals surface area contributed by atoms with Crippen molar-refractivity contribution < 1.29 is 8.42 Å². The molecule has 7 nitrogen and oxygen atoms in total. The minimum atomic E-state index is -3.31. The van der Waals surface area contributed by atoms with Gasteiger partial charge in [0.05, 0.1) is 22.2 Å². The fraction of sp³-hybridized carbons (Fsp3) is 0.565. The highest BCUT2D eigenvalue weighted by Crippen LogP contribution is 2.33. The van der Waals surface area contributed by atoms with Crippen LogP contribution in [0.15, 0.2) is 30.6 Å². The number of aromatic amines is 1. The van der Waals surface area contributed by atoms with E-state index >= 15 is 0 Å². The summed E-state index contributed by atoms with van der Waals surface area (Å²) in [6, 6.07) is 6.68. The van der Waals surface area contributed by atoms with Gasteiger partial charge < -0.3 is 4.98 Å². The minimum absolute atomic E-state index is 0.00908. The van der Waals surface area contributed by atoms with Crippen molar-refractivity contribution in [2.24, 2.45) is 0 Å². The predicted molar refractivity (Wildman–Crippen MR) is 125 cm³/mol. The van der Waals surface area contributed by atoms with E-state index < -0.39 is 14.8 Å². The van der Waals surface area contributed by atoms with E-state index in [1.54, 1.807) is 20.8 Å². The lowest BCUT2D eigenvalue weighted by Crippen LogP contribution is -2.45. The topological polar surface area (TPSA) is 92.7 Å². The summed E-state index contributed by atoms with van der Waals surface area (Å²) in [5, 5.41) is 5.61. The molecule has 1 saturated carbocycles. The standard InChI is InChI=1S/C23H33N5O2S/c1-15(2)28-21-11-8-17(12-18(21)13-25-28)20-14-24-22(26-20)16-6-9-19(10-7-16)27-31(29,30)23(3,4)5/h8,11-16,19,27H,6-7,9-10H2,1-5H3,(H,24,26)/t16-,19-. The molecule has 1 aromatic carbocycles. The van der Waals surface area contributed by atoms with Crippen LogP contribution in [0.5, 0.6) is 0 Å². The molecule has 1 aliphatic rings. The van der Waals surface area contributed by atoms with Gasteiger partial charge in [-0.25, -0.2) is 18.1 Å². The largest absolute Gasteiger partial charge is 0.348 e. The van der Waals surface area contributed by atoms with Gasteiger partial charge in [-0.05, 0) is 72.4 Å². The fourth-order valence-electron chi connectivity index (χ4n) is 4.20. The van der Waals surface area contributed by atoms with Crippen LogP contribution in [0.2, 0.25) is 0 Å². The van der Waals surface area contributed by atoms with E-state index in [0.29, 0.717) is 12.0 Å². The zero-order valence-electron chi connectivity index (χ0n) is 19.0. The van der Waals surface area contributed by atoms with Crippen LogP contribution in [0.1, 0.15) is 78.1 Å². The molecule has 0 spiro atoms. The lowest BCUT2D eigenvalue weighted by Gasteiger charge is -2.30. The van der Waals surface area contributed by atoms with Crippen molar-refractivity contribution in [3.63, 3.8) is 0 Å². The molecule has 8 heteroatoms. The van der Waals surface area contributed by atoms with Gasteiger partial charge in [-0.3, -0.25) is 4.68 Å². The zero-order chi connectivity index (χ0) is 22.4. The summed E-state index contributed by atoms with van der Waals surface area (Å²) in [6.45, 7) is 9.45. The number of nitrogens with one attached hydrogen (secondary N) is 2. The number of aromatic nitrogens is 4. The summed E-state index contributed by atoms with van der Waals surface area (Å²) in [5.74, 6) is 1.32. The number of rotatable bonds is 5. The maximum absolute atomic E-state index is 12.4. The first-order chi connectivity index (χ1) is 14.5. The molecular weight excluding hydrogens is 410 g/mol. The van der Waals surface area contributed by atoms with Crippen molar-refractivity contribution in [2.75, 3.05) is 0 Å². The summed E-state index contributed by atoms with van der Waals surface area (Å²) < 4.78 is 29.0. The molecule has 2 N–H and O–H groups in total. The molecule has 0 bridgehead atoms. The van der Waals surface area contributed by atoms with Gasteiger partial charge in [0.15, 0.2) is 0 Å². The van der Waals surface area contributed by atoms with Crippen LogP contribution in [0.3, 0.4) is 0 Å². The van der Waals surface area contributed by atoms with E-state index in [-0.39, 0.29) is 6.04 Å². The highest BCUT2D eigenvalue weighted by Gasteiger charge is 2.33. The molecule has 1 aliphatic carbocycles. The van der Waals surface area contributed by atoms with Gasteiger partial charge >= 0.3 is 0 Å². The van der Waals surface area contributed by atoms with Gasteiger partial charge in [-0.2, -0.15) is 5.10 Å². The van der Waals surface area contributed by atoms with E-state index in [1.807, 2.05) is 17.1 Å². The van der Waals surface area contributed by atoms with Gasteiger partial charge in [0, 0.05) is 35.1 Å². The molecule has 1 fully saturated rings. The van der Waals surface area contributed by atoms with Crippen LogP contribution < -0.4 is 4.72 Å². The highest BCUT2D eigenvalue weighted by atomic mass is 32.2. The Balaban J connectivity index is 1.44. The highest BCUT2D eigenvalue weighted by molar-refractivity contribution is 7.90. The van der Waals surface area contributed by atoms with Crippen LogP contribution in [0.4, 0.5) is 0 Å². The Labute approximate surface area is 184 Å². The summed E-state index contributed by atoms with van der Waals surface area (Å²) in [6.07, 6.45) is 7.38. The Hall–Kier alpha value is -2.19. The molecule has 31 heavy (non-hydrogen) atoms. The molecule has 0 aliphatic heterocycles. The molecular formula is C23H33N5O2S. The van der Waals surface area contributed by atoms with Crippen LogP contribution in [0.25, 0.3) is 22.2 Å². The third-order valence-corrected chi connectivity index (χ3v) is 8.48. The van der Waals surface area contributed by atoms with E-state index in [2.05, 4.69) is 46.9 Å². The zero-order valence-corrected chi connectivity index (χ0v) is 19.8. The fourth-order valence-corrected chi connectivity index (χ4v) is 5.23. The SMILES string of the molecule is CC(C)n1ncc2cc(-c3c[nH]c([C@H]4CC[C@H](NS(=O)(=O)C(C)(C)C)CC4)n3)ccc21. The average molecular weight is 444 g/mol. The quantitative estimate of drug-likeness (QED) is 0.595. The van der Waals surface area contributed by atoms with Crippen LogP contribution in [0, 0.1) is 0 Å². The smallest absolute Gasteiger partial charge is 0.216 e. The Kier molecular flexibility index (Phi) is 5.72. The maximum Gasteiger partial charge on any atom is 0.216 e. The van der Waals surface area contributed by atoms with Crippen molar-refractivity contribution in [3.8, 4) is 11.3 Å². The summed E-state index contributed by atoms with van der Waals surface area (Å²) in [5.41, 5.74) is 3.14. The van der Waals surface area contributed by atoms with Gasteiger partial charge in [-0.1, -0.05) is 6.07 Å². The van der Waals surface area contributed by atoms with E-state index in [0.717, 1.165) is 53.7 Å². The lowest BCUT2D eigenvalue weighted by atomic mass is 9.86. The molecule has 0 saturated heterocycles. The second-order valence-electron chi connectivity index (χ2n) is 9.91. The first kappa shape index (κ1) is 22.0. The second kappa shape index (κ2) is 8.06. The van der Waals surface area contributed by atoms with Crippen molar-refractivity contribution in [1.82, 2.24) is 24.5 Å². The Morgan fingerprint density at radius 3 is 2.52 bits per heavy atom.